The Bertz CT molecular complexity index is 756. The number of hydrogen-bond donors (Lipinski definition) is 1. The van der Waals surface area contributed by atoms with Gasteiger partial charge in [0.2, 0.25) is 0 Å². The van der Waals surface area contributed by atoms with E-state index in [4.69, 9.17) is 0 Å². The number of H-pyrrole nitrogens is 1. The van der Waals surface area contributed by atoms with Crippen molar-refractivity contribution in [3.05, 3.63) is 57.5 Å². The average Bonchev–Trinajstić information content (AvgIpc) is 2.68. The highest BCUT2D eigenvalue weighted by molar-refractivity contribution is 9.10. The molecular weight excluding hydrogens is 354 g/mol. The number of allylic oxidation sites excluding steroid dienone is 1. The molecule has 0 saturated heterocycles. The molecule has 0 saturated carbocycles. The fourth-order valence-corrected chi connectivity index (χ4v) is 3.19. The second-order valence-electron chi connectivity index (χ2n) is 4.30. The number of hydrogen-bond acceptors (Lipinski definition) is 0. The molecular formula is C15H11Br2N. The van der Waals surface area contributed by atoms with E-state index in [1.807, 2.05) is 6.08 Å². The van der Waals surface area contributed by atoms with Crippen molar-refractivity contribution >= 4 is 53.7 Å². The first-order chi connectivity index (χ1) is 8.69. The van der Waals surface area contributed by atoms with Crippen molar-refractivity contribution in [2.24, 2.45) is 0 Å². The molecule has 0 fully saturated rings. The van der Waals surface area contributed by atoms with Gasteiger partial charge in [-0.15, -0.1) is 6.58 Å². The van der Waals surface area contributed by atoms with Crippen molar-refractivity contribution in [2.75, 3.05) is 0 Å². The highest BCUT2D eigenvalue weighted by Gasteiger charge is 2.09. The summed E-state index contributed by atoms with van der Waals surface area (Å²) in [5.41, 5.74) is 3.63. The number of halogens is 2. The third-order valence-electron chi connectivity index (χ3n) is 3.08. The van der Waals surface area contributed by atoms with Gasteiger partial charge in [-0.05, 0) is 42.3 Å². The van der Waals surface area contributed by atoms with Crippen LogP contribution in [-0.4, -0.2) is 4.98 Å². The summed E-state index contributed by atoms with van der Waals surface area (Å²) in [5, 5.41) is 2.49. The zero-order valence-electron chi connectivity index (χ0n) is 9.63. The highest BCUT2D eigenvalue weighted by atomic mass is 79.9. The maximum absolute atomic E-state index is 3.82. The summed E-state index contributed by atoms with van der Waals surface area (Å²) in [6.07, 6.45) is 2.80. The zero-order chi connectivity index (χ0) is 12.7. The van der Waals surface area contributed by atoms with Gasteiger partial charge in [0.15, 0.2) is 0 Å². The first-order valence-electron chi connectivity index (χ1n) is 5.69. The Labute approximate surface area is 122 Å². The summed E-state index contributed by atoms with van der Waals surface area (Å²) < 4.78 is 2.20. The van der Waals surface area contributed by atoms with Crippen molar-refractivity contribution in [2.45, 2.75) is 6.42 Å². The molecule has 90 valence electrons. The standard InChI is InChI=1S/C15H11Br2N/c1-2-3-9-6-11(17)8-13-12-7-10(16)4-5-14(12)18-15(9)13/h2,4-8,18H,1,3H2. The molecule has 3 heteroatoms. The molecule has 0 radical (unpaired) electrons. The molecule has 1 N–H and O–H groups in total. The maximum Gasteiger partial charge on any atom is 0.0501 e. The number of aromatic nitrogens is 1. The van der Waals surface area contributed by atoms with E-state index in [-0.39, 0.29) is 0 Å². The lowest BCUT2D eigenvalue weighted by atomic mass is 10.1. The van der Waals surface area contributed by atoms with E-state index in [0.29, 0.717) is 0 Å². The smallest absolute Gasteiger partial charge is 0.0501 e. The summed E-state index contributed by atoms with van der Waals surface area (Å²) >= 11 is 7.11. The van der Waals surface area contributed by atoms with Gasteiger partial charge >= 0.3 is 0 Å². The number of fused-ring (bicyclic) bond motifs is 3. The molecule has 3 aromatic rings. The minimum absolute atomic E-state index is 0.865. The summed E-state index contributed by atoms with van der Waals surface area (Å²) in [6, 6.07) is 10.6. The Balaban J connectivity index is 2.45. The molecule has 1 aromatic heterocycles. The zero-order valence-corrected chi connectivity index (χ0v) is 12.8. The van der Waals surface area contributed by atoms with Crippen molar-refractivity contribution in [1.82, 2.24) is 4.98 Å². The molecule has 0 aliphatic carbocycles. The van der Waals surface area contributed by atoms with E-state index in [1.165, 1.54) is 21.9 Å². The van der Waals surface area contributed by atoms with Crippen LogP contribution in [0.25, 0.3) is 21.8 Å². The molecule has 3 rings (SSSR count). The summed E-state index contributed by atoms with van der Waals surface area (Å²) in [6.45, 7) is 3.82. The van der Waals surface area contributed by atoms with E-state index in [2.05, 4.69) is 73.8 Å². The fourth-order valence-electron chi connectivity index (χ4n) is 2.32. The molecule has 0 spiro atoms. The molecule has 0 aliphatic rings. The van der Waals surface area contributed by atoms with Crippen LogP contribution in [0, 0.1) is 0 Å². The van der Waals surface area contributed by atoms with Crippen LogP contribution < -0.4 is 0 Å². The lowest BCUT2D eigenvalue weighted by Crippen LogP contribution is -1.83. The largest absolute Gasteiger partial charge is 0.354 e. The molecule has 1 heterocycles. The maximum atomic E-state index is 3.82. The number of rotatable bonds is 2. The SMILES string of the molecule is C=CCc1cc(Br)cc2c1[nH]c1ccc(Br)cc12. The lowest BCUT2D eigenvalue weighted by Gasteiger charge is -2.01. The van der Waals surface area contributed by atoms with Crippen molar-refractivity contribution in [3.63, 3.8) is 0 Å². The van der Waals surface area contributed by atoms with E-state index >= 15 is 0 Å². The van der Waals surface area contributed by atoms with Crippen LogP contribution in [0.3, 0.4) is 0 Å². The molecule has 2 aromatic carbocycles. The van der Waals surface area contributed by atoms with Crippen molar-refractivity contribution < 1.29 is 0 Å². The van der Waals surface area contributed by atoms with E-state index in [1.54, 1.807) is 0 Å². The van der Waals surface area contributed by atoms with Gasteiger partial charge in [0.25, 0.3) is 0 Å². The van der Waals surface area contributed by atoms with Crippen molar-refractivity contribution in [1.29, 1.82) is 0 Å². The molecule has 0 atom stereocenters. The van der Waals surface area contributed by atoms with Crippen LogP contribution in [0.4, 0.5) is 0 Å². The van der Waals surface area contributed by atoms with Crippen LogP contribution in [0.1, 0.15) is 5.56 Å². The minimum Gasteiger partial charge on any atom is -0.354 e. The molecule has 0 amide bonds. The predicted molar refractivity (Wildman–Crippen MR) is 85.1 cm³/mol. The Morgan fingerprint density at radius 2 is 1.83 bits per heavy atom. The van der Waals surface area contributed by atoms with Gasteiger partial charge in [-0.3, -0.25) is 0 Å². The van der Waals surface area contributed by atoms with Crippen LogP contribution in [0.2, 0.25) is 0 Å². The fraction of sp³-hybridized carbons (Fsp3) is 0.0667. The minimum atomic E-state index is 0.865. The summed E-state index contributed by atoms with van der Waals surface area (Å²) in [5.74, 6) is 0. The topological polar surface area (TPSA) is 15.8 Å². The summed E-state index contributed by atoms with van der Waals surface area (Å²) in [4.78, 5) is 3.50. The van der Waals surface area contributed by atoms with Gasteiger partial charge in [-0.2, -0.15) is 0 Å². The Hall–Kier alpha value is -1.06. The molecule has 0 unspecified atom stereocenters. The van der Waals surface area contributed by atoms with E-state index in [9.17, 15) is 0 Å². The van der Waals surface area contributed by atoms with Crippen LogP contribution >= 0.6 is 31.9 Å². The monoisotopic (exact) mass is 363 g/mol. The second kappa shape index (κ2) is 4.56. The number of aromatic amines is 1. The average molecular weight is 365 g/mol. The van der Waals surface area contributed by atoms with Crippen LogP contribution in [0.5, 0.6) is 0 Å². The van der Waals surface area contributed by atoms with Gasteiger partial charge in [-0.1, -0.05) is 37.9 Å². The van der Waals surface area contributed by atoms with Gasteiger partial charge in [0.1, 0.15) is 0 Å². The van der Waals surface area contributed by atoms with Crippen molar-refractivity contribution in [3.8, 4) is 0 Å². The first-order valence-corrected chi connectivity index (χ1v) is 7.28. The third kappa shape index (κ3) is 1.91. The van der Waals surface area contributed by atoms with Gasteiger partial charge in [0.05, 0.1) is 5.52 Å². The normalized spacial score (nSPS) is 11.2. The van der Waals surface area contributed by atoms with Gasteiger partial charge in [0, 0.05) is 25.2 Å². The second-order valence-corrected chi connectivity index (χ2v) is 6.13. The van der Waals surface area contributed by atoms with Gasteiger partial charge in [-0.25, -0.2) is 0 Å². The van der Waals surface area contributed by atoms with Crippen LogP contribution in [0.15, 0.2) is 51.9 Å². The molecule has 1 nitrogen and oxygen atoms in total. The first kappa shape index (κ1) is 12.0. The molecule has 0 bridgehead atoms. The highest BCUT2D eigenvalue weighted by Crippen LogP contribution is 2.32. The third-order valence-corrected chi connectivity index (χ3v) is 4.03. The Morgan fingerprint density at radius 1 is 1.06 bits per heavy atom. The quantitative estimate of drug-likeness (QED) is 0.571. The summed E-state index contributed by atoms with van der Waals surface area (Å²) in [7, 11) is 0. The molecule has 18 heavy (non-hydrogen) atoms. The van der Waals surface area contributed by atoms with E-state index < -0.39 is 0 Å². The van der Waals surface area contributed by atoms with Crippen LogP contribution in [-0.2, 0) is 6.42 Å². The molecule has 0 aliphatic heterocycles. The lowest BCUT2D eigenvalue weighted by molar-refractivity contribution is 1.28. The number of benzene rings is 2. The van der Waals surface area contributed by atoms with E-state index in [0.717, 1.165) is 20.9 Å². The Morgan fingerprint density at radius 3 is 2.61 bits per heavy atom. The Kier molecular flexibility index (Phi) is 3.04. The van der Waals surface area contributed by atoms with Gasteiger partial charge < -0.3 is 4.98 Å². The predicted octanol–water partition coefficient (Wildman–Crippen LogP) is 5.57. The number of nitrogens with one attached hydrogen (secondary N) is 1.